The summed E-state index contributed by atoms with van der Waals surface area (Å²) in [5.74, 6) is 0.335. The molecule has 0 bridgehead atoms. The number of nitrogens with one attached hydrogen (secondary N) is 1. The standard InChI is InChI=1S/C23H26N4O3/c1-16-18(14-24-15-25-16)23(29)27-12-7-9-19-20(27)10-3-2-6-13-30-21-11-5-4-8-17(21)22(28)26-19/h2-5,8,11,14-15,19-20H,6-7,9-10,12-13H2,1H3,(H,26,28)/b3-2+/t19-,20-/m0/s1. The van der Waals surface area contributed by atoms with Crippen molar-refractivity contribution in [2.24, 2.45) is 0 Å². The minimum atomic E-state index is -0.168. The van der Waals surface area contributed by atoms with Crippen LogP contribution in [0.15, 0.2) is 48.9 Å². The van der Waals surface area contributed by atoms with E-state index in [0.717, 1.165) is 19.3 Å². The Morgan fingerprint density at radius 2 is 2.13 bits per heavy atom. The number of aromatic nitrogens is 2. The number of nitrogens with zero attached hydrogens (tertiary/aromatic N) is 3. The molecule has 7 nitrogen and oxygen atoms in total. The van der Waals surface area contributed by atoms with Crippen LogP contribution in [0, 0.1) is 6.92 Å². The molecule has 0 unspecified atom stereocenters. The highest BCUT2D eigenvalue weighted by Crippen LogP contribution is 2.26. The van der Waals surface area contributed by atoms with E-state index in [9.17, 15) is 9.59 Å². The van der Waals surface area contributed by atoms with Gasteiger partial charge >= 0.3 is 0 Å². The number of benzene rings is 1. The van der Waals surface area contributed by atoms with E-state index in [1.54, 1.807) is 12.3 Å². The molecule has 2 aliphatic rings. The Hall–Kier alpha value is -3.22. The minimum absolute atomic E-state index is 0.0822. The summed E-state index contributed by atoms with van der Waals surface area (Å²) in [6.07, 6.45) is 10.2. The van der Waals surface area contributed by atoms with Gasteiger partial charge in [-0.05, 0) is 44.7 Å². The van der Waals surface area contributed by atoms with Crippen LogP contribution in [0.3, 0.4) is 0 Å². The number of aryl methyl sites for hydroxylation is 1. The molecule has 1 aromatic carbocycles. The van der Waals surface area contributed by atoms with E-state index < -0.39 is 0 Å². The molecule has 2 amide bonds. The van der Waals surface area contributed by atoms with Crippen LogP contribution in [0.1, 0.15) is 52.1 Å². The topological polar surface area (TPSA) is 84.4 Å². The molecule has 0 saturated carbocycles. The molecule has 7 heteroatoms. The molecule has 156 valence electrons. The van der Waals surface area contributed by atoms with E-state index in [0.29, 0.717) is 42.1 Å². The average Bonchev–Trinajstić information content (AvgIpc) is 2.76. The van der Waals surface area contributed by atoms with Crippen molar-refractivity contribution in [2.75, 3.05) is 13.2 Å². The summed E-state index contributed by atoms with van der Waals surface area (Å²) in [5.41, 5.74) is 1.70. The molecule has 0 aliphatic carbocycles. The molecule has 2 aromatic rings. The summed E-state index contributed by atoms with van der Waals surface area (Å²) in [5, 5.41) is 3.17. The van der Waals surface area contributed by atoms with Crippen molar-refractivity contribution in [3.63, 3.8) is 0 Å². The Balaban J connectivity index is 1.64. The predicted octanol–water partition coefficient (Wildman–Crippen LogP) is 2.92. The summed E-state index contributed by atoms with van der Waals surface area (Å²) < 4.78 is 5.81. The van der Waals surface area contributed by atoms with Crippen molar-refractivity contribution in [2.45, 2.75) is 44.7 Å². The van der Waals surface area contributed by atoms with E-state index in [-0.39, 0.29) is 23.9 Å². The van der Waals surface area contributed by atoms with Crippen LogP contribution >= 0.6 is 0 Å². The van der Waals surface area contributed by atoms with E-state index in [1.807, 2.05) is 30.0 Å². The summed E-state index contributed by atoms with van der Waals surface area (Å²) >= 11 is 0. The van der Waals surface area contributed by atoms with Gasteiger partial charge < -0.3 is 15.0 Å². The Labute approximate surface area is 176 Å². The summed E-state index contributed by atoms with van der Waals surface area (Å²) in [6.45, 7) is 2.96. The number of carbonyl (C=O) groups is 2. The Morgan fingerprint density at radius 1 is 1.27 bits per heavy atom. The molecule has 1 saturated heterocycles. The third-order valence-corrected chi connectivity index (χ3v) is 5.72. The van der Waals surface area contributed by atoms with Gasteiger partial charge in [-0.2, -0.15) is 0 Å². The van der Waals surface area contributed by atoms with Crippen molar-refractivity contribution < 1.29 is 14.3 Å². The molecule has 0 radical (unpaired) electrons. The maximum atomic E-state index is 13.3. The first-order valence-electron chi connectivity index (χ1n) is 10.4. The molecule has 1 N–H and O–H groups in total. The second-order valence-corrected chi connectivity index (χ2v) is 7.65. The number of fused-ring (bicyclic) bond motifs is 2. The molecular weight excluding hydrogens is 380 g/mol. The molecular formula is C23H26N4O3. The fraction of sp³-hybridized carbons (Fsp3) is 0.391. The molecule has 1 aromatic heterocycles. The Morgan fingerprint density at radius 3 is 3.00 bits per heavy atom. The predicted molar refractivity (Wildman–Crippen MR) is 112 cm³/mol. The quantitative estimate of drug-likeness (QED) is 0.736. The first-order valence-corrected chi connectivity index (χ1v) is 10.4. The molecule has 4 rings (SSSR count). The number of hydrogen-bond donors (Lipinski definition) is 1. The SMILES string of the molecule is Cc1ncncc1C(=O)N1CCC[C@@H]2NC(=O)c3ccccc3OCC/C=C/C[C@@H]21. The molecule has 30 heavy (non-hydrogen) atoms. The van der Waals surface area contributed by atoms with E-state index in [4.69, 9.17) is 4.74 Å². The fourth-order valence-corrected chi connectivity index (χ4v) is 4.14. The largest absolute Gasteiger partial charge is 0.492 e. The van der Waals surface area contributed by atoms with E-state index in [1.165, 1.54) is 6.33 Å². The third-order valence-electron chi connectivity index (χ3n) is 5.72. The Kier molecular flexibility index (Phi) is 6.07. The van der Waals surface area contributed by atoms with Gasteiger partial charge in [0.1, 0.15) is 12.1 Å². The highest BCUT2D eigenvalue weighted by atomic mass is 16.5. The first kappa shape index (κ1) is 20.1. The lowest BCUT2D eigenvalue weighted by Crippen LogP contribution is -2.57. The molecule has 2 atom stereocenters. The minimum Gasteiger partial charge on any atom is -0.492 e. The second-order valence-electron chi connectivity index (χ2n) is 7.65. The normalized spacial score (nSPS) is 23.0. The van der Waals surface area contributed by atoms with Crippen molar-refractivity contribution in [3.8, 4) is 5.75 Å². The summed E-state index contributed by atoms with van der Waals surface area (Å²) in [4.78, 5) is 36.4. The molecule has 2 aliphatic heterocycles. The molecule has 0 spiro atoms. The van der Waals surface area contributed by atoms with Crippen LogP contribution in [0.4, 0.5) is 0 Å². The van der Waals surface area contributed by atoms with E-state index in [2.05, 4.69) is 27.4 Å². The highest BCUT2D eigenvalue weighted by Gasteiger charge is 2.36. The lowest BCUT2D eigenvalue weighted by atomic mass is 9.92. The van der Waals surface area contributed by atoms with Gasteiger partial charge in [0.2, 0.25) is 0 Å². The zero-order valence-electron chi connectivity index (χ0n) is 17.1. The van der Waals surface area contributed by atoms with Gasteiger partial charge in [0.15, 0.2) is 0 Å². The Bertz CT molecular complexity index is 959. The number of para-hydroxylation sites is 1. The van der Waals surface area contributed by atoms with Gasteiger partial charge in [-0.1, -0.05) is 24.3 Å². The zero-order chi connectivity index (χ0) is 20.9. The fourth-order valence-electron chi connectivity index (χ4n) is 4.14. The number of amides is 2. The molecule has 1 fully saturated rings. The number of likely N-dealkylation sites (tertiary alicyclic amines) is 1. The van der Waals surface area contributed by atoms with Crippen LogP contribution in [-0.4, -0.2) is 51.9 Å². The highest BCUT2D eigenvalue weighted by molar-refractivity contribution is 5.97. The van der Waals surface area contributed by atoms with Crippen molar-refractivity contribution in [3.05, 3.63) is 65.8 Å². The van der Waals surface area contributed by atoms with Crippen LogP contribution in [0.25, 0.3) is 0 Å². The van der Waals surface area contributed by atoms with Gasteiger partial charge in [0, 0.05) is 18.8 Å². The number of rotatable bonds is 1. The van der Waals surface area contributed by atoms with Gasteiger partial charge in [-0.15, -0.1) is 0 Å². The van der Waals surface area contributed by atoms with Crippen LogP contribution in [0.5, 0.6) is 5.75 Å². The van der Waals surface area contributed by atoms with Crippen molar-refractivity contribution >= 4 is 11.8 Å². The number of ether oxygens (including phenoxy) is 1. The maximum Gasteiger partial charge on any atom is 0.257 e. The summed E-state index contributed by atoms with van der Waals surface area (Å²) in [6, 6.07) is 7.02. The maximum absolute atomic E-state index is 13.3. The summed E-state index contributed by atoms with van der Waals surface area (Å²) in [7, 11) is 0. The van der Waals surface area contributed by atoms with Crippen LogP contribution < -0.4 is 10.1 Å². The third kappa shape index (κ3) is 4.20. The van der Waals surface area contributed by atoms with Crippen LogP contribution in [0.2, 0.25) is 0 Å². The lowest BCUT2D eigenvalue weighted by Gasteiger charge is -2.41. The first-order chi connectivity index (χ1) is 14.6. The van der Waals surface area contributed by atoms with Gasteiger partial charge in [0.25, 0.3) is 11.8 Å². The van der Waals surface area contributed by atoms with Crippen LogP contribution in [-0.2, 0) is 0 Å². The lowest BCUT2D eigenvalue weighted by molar-refractivity contribution is 0.0529. The van der Waals surface area contributed by atoms with Gasteiger partial charge in [0.05, 0.1) is 29.5 Å². The van der Waals surface area contributed by atoms with Crippen molar-refractivity contribution in [1.82, 2.24) is 20.2 Å². The second kappa shape index (κ2) is 9.07. The number of piperidine rings is 1. The monoisotopic (exact) mass is 406 g/mol. The van der Waals surface area contributed by atoms with E-state index >= 15 is 0 Å². The van der Waals surface area contributed by atoms with Gasteiger partial charge in [-0.25, -0.2) is 9.97 Å². The van der Waals surface area contributed by atoms with Gasteiger partial charge in [-0.3, -0.25) is 9.59 Å². The number of hydrogen-bond acceptors (Lipinski definition) is 5. The average molecular weight is 406 g/mol. The van der Waals surface area contributed by atoms with Crippen molar-refractivity contribution in [1.29, 1.82) is 0 Å². The zero-order valence-corrected chi connectivity index (χ0v) is 17.1. The number of carbonyl (C=O) groups excluding carboxylic acids is 2. The molecule has 3 heterocycles. The smallest absolute Gasteiger partial charge is 0.257 e.